The first-order valence-electron chi connectivity index (χ1n) is 6.41. The Labute approximate surface area is 125 Å². The van der Waals surface area contributed by atoms with Gasteiger partial charge in [0.05, 0.1) is 0 Å². The summed E-state index contributed by atoms with van der Waals surface area (Å²) in [6.07, 6.45) is 3.23. The molecule has 7 heteroatoms. The van der Waals surface area contributed by atoms with Gasteiger partial charge in [0.2, 0.25) is 5.16 Å². The number of phenols is 1. The Morgan fingerprint density at radius 2 is 2.10 bits per heavy atom. The molecule has 21 heavy (non-hydrogen) atoms. The lowest BCUT2D eigenvalue weighted by atomic mass is 10.2. The smallest absolute Gasteiger partial charge is 0.342 e. The van der Waals surface area contributed by atoms with Crippen LogP contribution in [0.4, 0.5) is 0 Å². The second-order valence-electron chi connectivity index (χ2n) is 4.32. The molecule has 110 valence electrons. The summed E-state index contributed by atoms with van der Waals surface area (Å²) in [7, 11) is 0. The minimum atomic E-state index is -1.05. The first-order valence-corrected chi connectivity index (χ1v) is 7.23. The SMILES string of the molecule is CCCc1nc(S/C(=C\c2ccc(O)cc2)C(=O)O)n[nH]1. The number of aryl methyl sites for hydroxylation is 1. The summed E-state index contributed by atoms with van der Waals surface area (Å²) in [5, 5.41) is 25.6. The molecule has 0 saturated carbocycles. The summed E-state index contributed by atoms with van der Waals surface area (Å²) in [6.45, 7) is 2.03. The molecule has 0 radical (unpaired) electrons. The van der Waals surface area contributed by atoms with E-state index in [-0.39, 0.29) is 10.7 Å². The van der Waals surface area contributed by atoms with Crippen molar-refractivity contribution in [1.82, 2.24) is 15.2 Å². The second kappa shape index (κ2) is 6.94. The zero-order valence-electron chi connectivity index (χ0n) is 11.4. The normalized spacial score (nSPS) is 11.6. The van der Waals surface area contributed by atoms with Gasteiger partial charge >= 0.3 is 5.97 Å². The molecule has 0 bridgehead atoms. The minimum Gasteiger partial charge on any atom is -0.508 e. The summed E-state index contributed by atoms with van der Waals surface area (Å²) in [6, 6.07) is 6.28. The van der Waals surface area contributed by atoms with E-state index in [1.165, 1.54) is 18.2 Å². The largest absolute Gasteiger partial charge is 0.508 e. The van der Waals surface area contributed by atoms with Crippen LogP contribution >= 0.6 is 11.8 Å². The van der Waals surface area contributed by atoms with Gasteiger partial charge in [0.25, 0.3) is 0 Å². The van der Waals surface area contributed by atoms with Crippen LogP contribution in [0.2, 0.25) is 0 Å². The van der Waals surface area contributed by atoms with Crippen LogP contribution in [0.3, 0.4) is 0 Å². The molecule has 2 aromatic rings. The number of carboxylic acids is 1. The van der Waals surface area contributed by atoms with E-state index in [2.05, 4.69) is 15.2 Å². The molecule has 0 amide bonds. The van der Waals surface area contributed by atoms with Crippen molar-refractivity contribution >= 4 is 23.8 Å². The van der Waals surface area contributed by atoms with Gasteiger partial charge in [0.1, 0.15) is 16.5 Å². The first-order chi connectivity index (χ1) is 10.1. The van der Waals surface area contributed by atoms with Crippen molar-refractivity contribution in [2.75, 3.05) is 0 Å². The van der Waals surface area contributed by atoms with Gasteiger partial charge in [-0.05, 0) is 42.0 Å². The first kappa shape index (κ1) is 15.1. The predicted octanol–water partition coefficient (Wildman–Crippen LogP) is 2.68. The fourth-order valence-corrected chi connectivity index (χ4v) is 2.35. The lowest BCUT2D eigenvalue weighted by molar-refractivity contribution is -0.131. The number of nitrogens with zero attached hydrogens (tertiary/aromatic N) is 2. The van der Waals surface area contributed by atoms with Crippen molar-refractivity contribution in [2.24, 2.45) is 0 Å². The van der Waals surface area contributed by atoms with Gasteiger partial charge in [0.15, 0.2) is 0 Å². The zero-order chi connectivity index (χ0) is 15.2. The average Bonchev–Trinajstić information content (AvgIpc) is 2.88. The number of benzene rings is 1. The Balaban J connectivity index is 2.18. The molecule has 0 aliphatic rings. The highest BCUT2D eigenvalue weighted by atomic mass is 32.2. The third-order valence-electron chi connectivity index (χ3n) is 2.60. The molecule has 2 rings (SSSR count). The number of nitrogens with one attached hydrogen (secondary N) is 1. The molecular formula is C14H15N3O3S. The molecule has 1 heterocycles. The standard InChI is InChI=1S/C14H15N3O3S/c1-2-3-12-15-14(17-16-12)21-11(13(19)20)8-9-4-6-10(18)7-5-9/h4-8,18H,2-3H2,1H3,(H,19,20)(H,15,16,17)/b11-8-. The Bertz CT molecular complexity index is 650. The highest BCUT2D eigenvalue weighted by Gasteiger charge is 2.13. The van der Waals surface area contributed by atoms with Gasteiger partial charge < -0.3 is 10.2 Å². The van der Waals surface area contributed by atoms with E-state index < -0.39 is 5.97 Å². The number of carboxylic acid groups (broad SMARTS) is 1. The van der Waals surface area contributed by atoms with E-state index >= 15 is 0 Å². The van der Waals surface area contributed by atoms with Crippen molar-refractivity contribution in [3.8, 4) is 5.75 Å². The molecule has 0 spiro atoms. The van der Waals surface area contributed by atoms with Gasteiger partial charge in [-0.1, -0.05) is 19.1 Å². The minimum absolute atomic E-state index is 0.114. The lowest BCUT2D eigenvalue weighted by Crippen LogP contribution is -1.97. The molecule has 1 aromatic heterocycles. The van der Waals surface area contributed by atoms with E-state index in [0.29, 0.717) is 10.7 Å². The van der Waals surface area contributed by atoms with Crippen molar-refractivity contribution in [3.05, 3.63) is 40.6 Å². The van der Waals surface area contributed by atoms with Gasteiger partial charge in [-0.15, -0.1) is 5.10 Å². The number of hydrogen-bond acceptors (Lipinski definition) is 5. The number of rotatable bonds is 6. The fourth-order valence-electron chi connectivity index (χ4n) is 1.63. The molecule has 0 aliphatic carbocycles. The van der Waals surface area contributed by atoms with Crippen LogP contribution in [0.15, 0.2) is 34.3 Å². The number of carbonyl (C=O) groups is 1. The van der Waals surface area contributed by atoms with Crippen molar-refractivity contribution in [2.45, 2.75) is 24.9 Å². The van der Waals surface area contributed by atoms with Crippen LogP contribution in [0.1, 0.15) is 24.7 Å². The number of aromatic nitrogens is 3. The predicted molar refractivity (Wildman–Crippen MR) is 80.0 cm³/mol. The number of H-pyrrole nitrogens is 1. The Hall–Kier alpha value is -2.28. The molecule has 0 atom stereocenters. The number of hydrogen-bond donors (Lipinski definition) is 3. The van der Waals surface area contributed by atoms with E-state index in [1.54, 1.807) is 12.1 Å². The average molecular weight is 305 g/mol. The van der Waals surface area contributed by atoms with Crippen LogP contribution < -0.4 is 0 Å². The highest BCUT2D eigenvalue weighted by molar-refractivity contribution is 8.04. The van der Waals surface area contributed by atoms with E-state index in [9.17, 15) is 15.0 Å². The summed E-state index contributed by atoms with van der Waals surface area (Å²) < 4.78 is 0. The maximum absolute atomic E-state index is 11.3. The number of aliphatic carboxylic acids is 1. The maximum atomic E-state index is 11.3. The third kappa shape index (κ3) is 4.35. The highest BCUT2D eigenvalue weighted by Crippen LogP contribution is 2.26. The number of phenolic OH excluding ortho intramolecular Hbond substituents is 1. The Kier molecular flexibility index (Phi) is 4.99. The molecule has 6 nitrogen and oxygen atoms in total. The molecule has 0 saturated heterocycles. The topological polar surface area (TPSA) is 99.1 Å². The van der Waals surface area contributed by atoms with Crippen molar-refractivity contribution in [3.63, 3.8) is 0 Å². The van der Waals surface area contributed by atoms with E-state index in [1.807, 2.05) is 6.92 Å². The molecule has 1 aromatic carbocycles. The van der Waals surface area contributed by atoms with Crippen LogP contribution in [0.5, 0.6) is 5.75 Å². The van der Waals surface area contributed by atoms with E-state index in [0.717, 1.165) is 30.4 Å². The number of aromatic hydroxyl groups is 1. The fraction of sp³-hybridized carbons (Fsp3) is 0.214. The van der Waals surface area contributed by atoms with Gasteiger partial charge in [-0.25, -0.2) is 9.78 Å². The second-order valence-corrected chi connectivity index (χ2v) is 5.33. The molecule has 3 N–H and O–H groups in total. The molecule has 0 fully saturated rings. The molecule has 0 unspecified atom stereocenters. The Morgan fingerprint density at radius 3 is 2.71 bits per heavy atom. The number of thioether (sulfide) groups is 1. The quantitative estimate of drug-likeness (QED) is 0.560. The summed E-state index contributed by atoms with van der Waals surface area (Å²) in [4.78, 5) is 15.6. The van der Waals surface area contributed by atoms with E-state index in [4.69, 9.17) is 0 Å². The summed E-state index contributed by atoms with van der Waals surface area (Å²) in [5.41, 5.74) is 0.682. The lowest BCUT2D eigenvalue weighted by Gasteiger charge is -1.99. The van der Waals surface area contributed by atoms with Crippen LogP contribution in [-0.2, 0) is 11.2 Å². The van der Waals surface area contributed by atoms with Gasteiger partial charge in [-0.3, -0.25) is 5.10 Å². The maximum Gasteiger partial charge on any atom is 0.342 e. The third-order valence-corrected chi connectivity index (χ3v) is 3.48. The summed E-state index contributed by atoms with van der Waals surface area (Å²) in [5.74, 6) is -0.167. The summed E-state index contributed by atoms with van der Waals surface area (Å²) >= 11 is 0.988. The molecule has 0 aliphatic heterocycles. The molecular weight excluding hydrogens is 290 g/mol. The van der Waals surface area contributed by atoms with Crippen LogP contribution in [0, 0.1) is 0 Å². The Morgan fingerprint density at radius 1 is 1.38 bits per heavy atom. The van der Waals surface area contributed by atoms with Gasteiger partial charge in [0, 0.05) is 6.42 Å². The van der Waals surface area contributed by atoms with Crippen molar-refractivity contribution in [1.29, 1.82) is 0 Å². The zero-order valence-corrected chi connectivity index (χ0v) is 12.2. The van der Waals surface area contributed by atoms with Crippen molar-refractivity contribution < 1.29 is 15.0 Å². The van der Waals surface area contributed by atoms with Gasteiger partial charge in [-0.2, -0.15) is 0 Å². The van der Waals surface area contributed by atoms with Crippen LogP contribution in [-0.4, -0.2) is 31.4 Å². The monoisotopic (exact) mass is 305 g/mol. The number of aromatic amines is 1. The van der Waals surface area contributed by atoms with Crippen LogP contribution in [0.25, 0.3) is 6.08 Å².